The van der Waals surface area contributed by atoms with Crippen LogP contribution in [0.4, 0.5) is 8.78 Å². The third kappa shape index (κ3) is 5.62. The van der Waals surface area contributed by atoms with E-state index in [1.165, 1.54) is 18.3 Å². The van der Waals surface area contributed by atoms with E-state index in [2.05, 4.69) is 5.32 Å². The van der Waals surface area contributed by atoms with Crippen molar-refractivity contribution in [3.63, 3.8) is 0 Å². The molecule has 0 saturated carbocycles. The lowest BCUT2D eigenvalue weighted by molar-refractivity contribution is -0.125. The smallest absolute Gasteiger partial charge is 0.287 e. The third-order valence-corrected chi connectivity index (χ3v) is 3.42. The van der Waals surface area contributed by atoms with Crippen molar-refractivity contribution in [3.8, 4) is 0 Å². The maximum atomic E-state index is 12.8. The van der Waals surface area contributed by atoms with Crippen LogP contribution in [-0.4, -0.2) is 36.0 Å². The summed E-state index contributed by atoms with van der Waals surface area (Å²) >= 11 is 1.36. The van der Waals surface area contributed by atoms with E-state index in [4.69, 9.17) is 5.11 Å². The van der Waals surface area contributed by atoms with Crippen molar-refractivity contribution in [1.29, 1.82) is 0 Å². The number of carbonyl (C=O) groups is 2. The monoisotopic (exact) mass is 306 g/mol. The van der Waals surface area contributed by atoms with Gasteiger partial charge in [0.15, 0.2) is 0 Å². The summed E-state index contributed by atoms with van der Waals surface area (Å²) in [6.07, 6.45) is -0.137. The molecule has 0 aliphatic rings. The van der Waals surface area contributed by atoms with E-state index in [0.29, 0.717) is 0 Å². The fraction of sp³-hybridized carbons (Fsp3) is 0.500. The Morgan fingerprint density at radius 3 is 2.70 bits per heavy atom. The lowest BCUT2D eigenvalue weighted by atomic mass is 10.1. The zero-order valence-electron chi connectivity index (χ0n) is 10.9. The average molecular weight is 306 g/mol. The van der Waals surface area contributed by atoms with Gasteiger partial charge in [-0.15, -0.1) is 11.3 Å². The molecule has 3 N–H and O–H groups in total. The Kier molecular flexibility index (Phi) is 6.03. The summed E-state index contributed by atoms with van der Waals surface area (Å²) in [5.74, 6) is -4.27. The van der Waals surface area contributed by atoms with Gasteiger partial charge in [0.2, 0.25) is 11.8 Å². The molecule has 20 heavy (non-hydrogen) atoms. The van der Waals surface area contributed by atoms with Crippen molar-refractivity contribution < 1.29 is 23.5 Å². The van der Waals surface area contributed by atoms with Crippen molar-refractivity contribution in [3.05, 3.63) is 22.4 Å². The lowest BCUT2D eigenvalue weighted by Crippen LogP contribution is -2.40. The second-order valence-electron chi connectivity index (χ2n) is 4.26. The Labute approximate surface area is 119 Å². The SMILES string of the molecule is CC(=O)NC(CC(=O)NCC(F)(F)CO)c1cccs1. The van der Waals surface area contributed by atoms with E-state index < -0.39 is 31.0 Å². The van der Waals surface area contributed by atoms with Gasteiger partial charge in [-0.05, 0) is 11.4 Å². The number of nitrogens with one attached hydrogen (secondary N) is 2. The number of aliphatic hydroxyl groups excluding tert-OH is 1. The van der Waals surface area contributed by atoms with Gasteiger partial charge in [0.1, 0.15) is 6.61 Å². The van der Waals surface area contributed by atoms with E-state index in [1.807, 2.05) is 5.32 Å². The molecule has 0 aliphatic heterocycles. The number of hydrogen-bond donors (Lipinski definition) is 3. The first kappa shape index (κ1) is 16.5. The Morgan fingerprint density at radius 1 is 1.50 bits per heavy atom. The molecule has 112 valence electrons. The van der Waals surface area contributed by atoms with Gasteiger partial charge in [-0.25, -0.2) is 8.78 Å². The first-order valence-electron chi connectivity index (χ1n) is 5.90. The quantitative estimate of drug-likeness (QED) is 0.705. The zero-order valence-corrected chi connectivity index (χ0v) is 11.7. The molecule has 0 spiro atoms. The van der Waals surface area contributed by atoms with Crippen LogP contribution in [-0.2, 0) is 9.59 Å². The fourth-order valence-electron chi connectivity index (χ4n) is 1.50. The number of aliphatic hydroxyl groups is 1. The highest BCUT2D eigenvalue weighted by atomic mass is 32.1. The molecule has 1 heterocycles. The minimum Gasteiger partial charge on any atom is -0.390 e. The molecular weight excluding hydrogens is 290 g/mol. The Morgan fingerprint density at radius 2 is 2.20 bits per heavy atom. The minimum atomic E-state index is -3.35. The van der Waals surface area contributed by atoms with Crippen LogP contribution in [0.25, 0.3) is 0 Å². The number of rotatable bonds is 7. The van der Waals surface area contributed by atoms with Crippen LogP contribution < -0.4 is 10.6 Å². The summed E-state index contributed by atoms with van der Waals surface area (Å²) < 4.78 is 25.6. The van der Waals surface area contributed by atoms with Crippen molar-refractivity contribution in [2.75, 3.05) is 13.2 Å². The molecular formula is C12H16F2N2O3S. The van der Waals surface area contributed by atoms with Crippen molar-refractivity contribution in [1.82, 2.24) is 10.6 Å². The fourth-order valence-corrected chi connectivity index (χ4v) is 2.28. The summed E-state index contributed by atoms with van der Waals surface area (Å²) in [5, 5.41) is 14.8. The van der Waals surface area contributed by atoms with E-state index >= 15 is 0 Å². The number of halogens is 2. The summed E-state index contributed by atoms with van der Waals surface area (Å²) in [7, 11) is 0. The maximum Gasteiger partial charge on any atom is 0.287 e. The highest BCUT2D eigenvalue weighted by molar-refractivity contribution is 7.10. The first-order valence-corrected chi connectivity index (χ1v) is 6.78. The van der Waals surface area contributed by atoms with Crippen LogP contribution in [0.3, 0.4) is 0 Å². The minimum absolute atomic E-state index is 0.137. The van der Waals surface area contributed by atoms with Gasteiger partial charge in [0.05, 0.1) is 19.0 Å². The van der Waals surface area contributed by atoms with Crippen LogP contribution in [0, 0.1) is 0 Å². The van der Waals surface area contributed by atoms with Gasteiger partial charge in [0.25, 0.3) is 5.92 Å². The van der Waals surface area contributed by atoms with E-state index in [9.17, 15) is 18.4 Å². The van der Waals surface area contributed by atoms with Crippen molar-refractivity contribution in [2.24, 2.45) is 0 Å². The van der Waals surface area contributed by atoms with Gasteiger partial charge >= 0.3 is 0 Å². The van der Waals surface area contributed by atoms with Crippen molar-refractivity contribution in [2.45, 2.75) is 25.3 Å². The molecule has 0 aromatic carbocycles. The topological polar surface area (TPSA) is 78.4 Å². The second-order valence-corrected chi connectivity index (χ2v) is 5.24. The largest absolute Gasteiger partial charge is 0.390 e. The molecule has 1 aromatic heterocycles. The third-order valence-electron chi connectivity index (χ3n) is 2.43. The lowest BCUT2D eigenvalue weighted by Gasteiger charge is -2.18. The Balaban J connectivity index is 2.57. The summed E-state index contributed by atoms with van der Waals surface area (Å²) in [6.45, 7) is -0.939. The number of alkyl halides is 2. The molecule has 0 fully saturated rings. The van der Waals surface area contributed by atoms with Gasteiger partial charge in [-0.1, -0.05) is 6.07 Å². The van der Waals surface area contributed by atoms with Crippen LogP contribution in [0.2, 0.25) is 0 Å². The first-order chi connectivity index (χ1) is 9.34. The van der Waals surface area contributed by atoms with Gasteiger partial charge < -0.3 is 15.7 Å². The molecule has 0 saturated heterocycles. The molecule has 1 aromatic rings. The molecule has 1 rings (SSSR count). The number of amides is 2. The zero-order chi connectivity index (χ0) is 15.2. The summed E-state index contributed by atoms with van der Waals surface area (Å²) in [6, 6.07) is 2.98. The molecule has 0 aliphatic carbocycles. The highest BCUT2D eigenvalue weighted by Crippen LogP contribution is 2.22. The molecule has 5 nitrogen and oxygen atoms in total. The van der Waals surface area contributed by atoms with Gasteiger partial charge in [0, 0.05) is 11.8 Å². The van der Waals surface area contributed by atoms with Crippen LogP contribution in [0.15, 0.2) is 17.5 Å². The maximum absolute atomic E-state index is 12.8. The van der Waals surface area contributed by atoms with Gasteiger partial charge in [-0.2, -0.15) is 0 Å². The molecule has 0 bridgehead atoms. The molecule has 8 heteroatoms. The summed E-state index contributed by atoms with van der Waals surface area (Å²) in [4.78, 5) is 23.5. The molecule has 1 unspecified atom stereocenters. The van der Waals surface area contributed by atoms with E-state index in [-0.39, 0.29) is 12.3 Å². The normalized spacial score (nSPS) is 12.8. The van der Waals surface area contributed by atoms with Gasteiger partial charge in [-0.3, -0.25) is 9.59 Å². The van der Waals surface area contributed by atoms with E-state index in [0.717, 1.165) is 4.88 Å². The molecule has 2 amide bonds. The highest BCUT2D eigenvalue weighted by Gasteiger charge is 2.28. The van der Waals surface area contributed by atoms with Crippen molar-refractivity contribution >= 4 is 23.2 Å². The van der Waals surface area contributed by atoms with Crippen LogP contribution in [0.5, 0.6) is 0 Å². The predicted molar refractivity (Wildman–Crippen MR) is 70.5 cm³/mol. The Bertz CT molecular complexity index is 452. The number of carbonyl (C=O) groups excluding carboxylic acids is 2. The molecule has 0 radical (unpaired) electrons. The standard InChI is InChI=1S/C12H16F2N2O3S/c1-8(18)16-9(10-3-2-4-20-10)5-11(19)15-6-12(13,14)7-17/h2-4,9,17H,5-7H2,1H3,(H,15,19)(H,16,18). The number of thiophene rings is 1. The summed E-state index contributed by atoms with van der Waals surface area (Å²) in [5.41, 5.74) is 0. The van der Waals surface area contributed by atoms with Crippen LogP contribution >= 0.6 is 11.3 Å². The van der Waals surface area contributed by atoms with E-state index in [1.54, 1.807) is 17.5 Å². The van der Waals surface area contributed by atoms with Crippen LogP contribution in [0.1, 0.15) is 24.3 Å². The Hall–Kier alpha value is -1.54. The average Bonchev–Trinajstić information content (AvgIpc) is 2.89. The predicted octanol–water partition coefficient (Wildman–Crippen LogP) is 1.06. The molecule has 1 atom stereocenters. The number of hydrogen-bond acceptors (Lipinski definition) is 4. The second kappa shape index (κ2) is 7.30.